The zero-order chi connectivity index (χ0) is 18.5. The SMILES string of the molecule is CCCCCO[Si](C)(C)OCC(F)(F)C(F)(F)C(F)(F)C(F)F. The van der Waals surface area contributed by atoms with Crippen LogP contribution in [0.4, 0.5) is 35.1 Å². The molecule has 0 aromatic rings. The van der Waals surface area contributed by atoms with E-state index in [9.17, 15) is 35.1 Å². The summed E-state index contributed by atoms with van der Waals surface area (Å²) in [6, 6.07) is 0. The minimum absolute atomic E-state index is 0.141. The summed E-state index contributed by atoms with van der Waals surface area (Å²) in [5.41, 5.74) is 0. The summed E-state index contributed by atoms with van der Waals surface area (Å²) in [6.45, 7) is 2.44. The molecule has 0 saturated heterocycles. The van der Waals surface area contributed by atoms with E-state index in [1.165, 1.54) is 13.1 Å². The molecule has 0 saturated carbocycles. The van der Waals surface area contributed by atoms with Crippen molar-refractivity contribution in [1.29, 1.82) is 0 Å². The van der Waals surface area contributed by atoms with Gasteiger partial charge in [0.15, 0.2) is 0 Å². The molecule has 2 nitrogen and oxygen atoms in total. The minimum Gasteiger partial charge on any atom is -0.395 e. The first-order chi connectivity index (χ1) is 10.2. The van der Waals surface area contributed by atoms with Gasteiger partial charge in [0.05, 0.1) is 0 Å². The molecular weight excluding hydrogens is 356 g/mol. The summed E-state index contributed by atoms with van der Waals surface area (Å²) < 4.78 is 112. The van der Waals surface area contributed by atoms with Crippen LogP contribution in [-0.4, -0.2) is 46.0 Å². The van der Waals surface area contributed by atoms with Gasteiger partial charge >= 0.3 is 32.8 Å². The molecule has 23 heavy (non-hydrogen) atoms. The highest BCUT2D eigenvalue weighted by Crippen LogP contribution is 2.48. The minimum atomic E-state index is -6.25. The number of rotatable bonds is 11. The second-order valence-electron chi connectivity index (χ2n) is 5.45. The van der Waals surface area contributed by atoms with Gasteiger partial charge in [0, 0.05) is 6.61 Å². The van der Waals surface area contributed by atoms with Crippen LogP contribution in [0.5, 0.6) is 0 Å². The topological polar surface area (TPSA) is 18.5 Å². The van der Waals surface area contributed by atoms with E-state index in [-0.39, 0.29) is 6.61 Å². The predicted molar refractivity (Wildman–Crippen MR) is 69.8 cm³/mol. The molecule has 11 heteroatoms. The van der Waals surface area contributed by atoms with Crippen molar-refractivity contribution in [3.63, 3.8) is 0 Å². The van der Waals surface area contributed by atoms with E-state index in [4.69, 9.17) is 4.43 Å². The Kier molecular flexibility index (Phi) is 7.95. The van der Waals surface area contributed by atoms with E-state index in [2.05, 4.69) is 4.43 Å². The molecular formula is C12H20F8O2Si. The van der Waals surface area contributed by atoms with Gasteiger partial charge in [-0.3, -0.25) is 0 Å². The van der Waals surface area contributed by atoms with Crippen molar-refractivity contribution in [2.24, 2.45) is 0 Å². The summed E-state index contributed by atoms with van der Waals surface area (Å²) in [7, 11) is -3.27. The van der Waals surface area contributed by atoms with Crippen LogP contribution in [0.25, 0.3) is 0 Å². The van der Waals surface area contributed by atoms with Crippen LogP contribution >= 0.6 is 0 Å². The Morgan fingerprint density at radius 1 is 0.913 bits per heavy atom. The fourth-order valence-electron chi connectivity index (χ4n) is 1.45. The molecule has 0 aromatic carbocycles. The maximum atomic E-state index is 13.3. The number of halogens is 8. The molecule has 0 aliphatic rings. The highest BCUT2D eigenvalue weighted by Gasteiger charge is 2.75. The summed E-state index contributed by atoms with van der Waals surface area (Å²) in [5.74, 6) is -17.9. The Hall–Kier alpha value is -0.423. The largest absolute Gasteiger partial charge is 0.395 e. The molecule has 0 rings (SSSR count). The van der Waals surface area contributed by atoms with Crippen molar-refractivity contribution < 1.29 is 44.0 Å². The van der Waals surface area contributed by atoms with Gasteiger partial charge in [-0.2, -0.15) is 26.3 Å². The molecule has 0 fully saturated rings. The summed E-state index contributed by atoms with van der Waals surface area (Å²) in [6.07, 6.45) is -2.69. The van der Waals surface area contributed by atoms with E-state index < -0.39 is 39.4 Å². The highest BCUT2D eigenvalue weighted by atomic mass is 28.4. The normalized spacial score (nSPS) is 14.6. The number of unbranched alkanes of at least 4 members (excludes halogenated alkanes) is 2. The Balaban J connectivity index is 4.79. The van der Waals surface area contributed by atoms with Gasteiger partial charge in [-0.15, -0.1) is 0 Å². The zero-order valence-electron chi connectivity index (χ0n) is 13.0. The first kappa shape index (κ1) is 22.6. The molecule has 0 unspecified atom stereocenters. The molecule has 0 bridgehead atoms. The highest BCUT2D eigenvalue weighted by molar-refractivity contribution is 6.64. The second-order valence-corrected chi connectivity index (χ2v) is 8.82. The lowest BCUT2D eigenvalue weighted by Crippen LogP contribution is -2.60. The van der Waals surface area contributed by atoms with Gasteiger partial charge in [0.25, 0.3) is 0 Å². The second kappa shape index (κ2) is 8.10. The molecule has 0 aliphatic carbocycles. The standard InChI is InChI=1S/C12H20F8O2Si/c1-4-5-6-7-21-23(2,3)22-8-10(15,16)12(19,20)11(17,18)9(13)14/h9H,4-8H2,1-3H3. The molecule has 0 aliphatic heterocycles. The van der Waals surface area contributed by atoms with Crippen LogP contribution < -0.4 is 0 Å². The molecule has 0 amide bonds. The monoisotopic (exact) mass is 376 g/mol. The fourth-order valence-corrected chi connectivity index (χ4v) is 2.70. The molecule has 0 N–H and O–H groups in total. The first-order valence-electron chi connectivity index (χ1n) is 6.91. The Morgan fingerprint density at radius 2 is 1.43 bits per heavy atom. The third kappa shape index (κ3) is 5.86. The van der Waals surface area contributed by atoms with Crippen LogP contribution in [0.3, 0.4) is 0 Å². The Labute approximate surface area is 130 Å². The maximum absolute atomic E-state index is 13.3. The summed E-state index contributed by atoms with van der Waals surface area (Å²) in [5, 5.41) is 0. The van der Waals surface area contributed by atoms with Crippen LogP contribution in [-0.2, 0) is 8.85 Å². The first-order valence-corrected chi connectivity index (χ1v) is 9.72. The van der Waals surface area contributed by atoms with Gasteiger partial charge in [0.1, 0.15) is 6.61 Å². The van der Waals surface area contributed by atoms with Crippen molar-refractivity contribution in [3.05, 3.63) is 0 Å². The number of hydrogen-bond acceptors (Lipinski definition) is 2. The van der Waals surface area contributed by atoms with Gasteiger partial charge in [-0.25, -0.2) is 8.78 Å². The third-order valence-electron chi connectivity index (χ3n) is 2.95. The van der Waals surface area contributed by atoms with E-state index in [1.54, 1.807) is 0 Å². The lowest BCUT2D eigenvalue weighted by atomic mass is 10.1. The molecule has 140 valence electrons. The maximum Gasteiger partial charge on any atom is 0.380 e. The van der Waals surface area contributed by atoms with Crippen molar-refractivity contribution >= 4 is 8.56 Å². The van der Waals surface area contributed by atoms with E-state index >= 15 is 0 Å². The van der Waals surface area contributed by atoms with Crippen molar-refractivity contribution in [2.75, 3.05) is 13.2 Å². The van der Waals surface area contributed by atoms with E-state index in [1.807, 2.05) is 6.92 Å². The number of alkyl halides is 8. The van der Waals surface area contributed by atoms with Gasteiger partial charge in [-0.1, -0.05) is 19.8 Å². The Morgan fingerprint density at radius 3 is 1.87 bits per heavy atom. The van der Waals surface area contributed by atoms with E-state index in [0.29, 0.717) is 6.42 Å². The summed E-state index contributed by atoms with van der Waals surface area (Å²) in [4.78, 5) is 0. The van der Waals surface area contributed by atoms with Crippen LogP contribution in [0.15, 0.2) is 0 Å². The zero-order valence-corrected chi connectivity index (χ0v) is 14.0. The van der Waals surface area contributed by atoms with Crippen molar-refractivity contribution in [3.8, 4) is 0 Å². The Bertz CT molecular complexity index is 363. The molecule has 0 radical (unpaired) electrons. The van der Waals surface area contributed by atoms with Gasteiger partial charge < -0.3 is 8.85 Å². The van der Waals surface area contributed by atoms with Crippen molar-refractivity contribution in [2.45, 2.75) is 63.5 Å². The van der Waals surface area contributed by atoms with E-state index in [0.717, 1.165) is 12.8 Å². The van der Waals surface area contributed by atoms with Gasteiger partial charge in [0.2, 0.25) is 0 Å². The predicted octanol–water partition coefficient (Wildman–Crippen LogP) is 5.08. The van der Waals surface area contributed by atoms with Crippen LogP contribution in [0.2, 0.25) is 13.1 Å². The molecule has 0 spiro atoms. The van der Waals surface area contributed by atoms with Gasteiger partial charge in [-0.05, 0) is 19.5 Å². The average Bonchev–Trinajstić information content (AvgIpc) is 2.41. The number of hydrogen-bond donors (Lipinski definition) is 0. The molecule has 0 heterocycles. The van der Waals surface area contributed by atoms with Crippen LogP contribution in [0.1, 0.15) is 26.2 Å². The van der Waals surface area contributed by atoms with Crippen molar-refractivity contribution in [1.82, 2.24) is 0 Å². The molecule has 0 atom stereocenters. The molecule has 0 aromatic heterocycles. The third-order valence-corrected chi connectivity index (χ3v) is 4.69. The quantitative estimate of drug-likeness (QED) is 0.284. The van der Waals surface area contributed by atoms with Crippen LogP contribution in [0, 0.1) is 0 Å². The smallest absolute Gasteiger partial charge is 0.380 e. The average molecular weight is 376 g/mol. The lowest BCUT2D eigenvalue weighted by molar-refractivity contribution is -0.343. The fraction of sp³-hybridized carbons (Fsp3) is 1.00. The summed E-state index contributed by atoms with van der Waals surface area (Å²) >= 11 is 0. The lowest BCUT2D eigenvalue weighted by Gasteiger charge is -2.34.